The molecule has 18 heavy (non-hydrogen) atoms. The van der Waals surface area contributed by atoms with Crippen LogP contribution in [-0.2, 0) is 6.42 Å². The van der Waals surface area contributed by atoms with Crippen molar-refractivity contribution in [1.82, 2.24) is 20.1 Å². The summed E-state index contributed by atoms with van der Waals surface area (Å²) >= 11 is 0. The molecule has 0 aliphatic rings. The zero-order valence-corrected chi connectivity index (χ0v) is 10.5. The van der Waals surface area contributed by atoms with Crippen molar-refractivity contribution in [2.75, 3.05) is 23.7 Å². The minimum Gasteiger partial charge on any atom is -0.370 e. The van der Waals surface area contributed by atoms with Gasteiger partial charge in [0.2, 0.25) is 5.89 Å². The Morgan fingerprint density at radius 3 is 2.67 bits per heavy atom. The van der Waals surface area contributed by atoms with Gasteiger partial charge in [0.05, 0.1) is 0 Å². The SMILES string of the molecule is CCNc1cc(NCCc2nc(C)no2)ncn1. The van der Waals surface area contributed by atoms with Gasteiger partial charge in [-0.2, -0.15) is 4.98 Å². The van der Waals surface area contributed by atoms with E-state index < -0.39 is 0 Å². The van der Waals surface area contributed by atoms with Crippen LogP contribution in [0.4, 0.5) is 11.6 Å². The Labute approximate surface area is 105 Å². The second-order valence-electron chi connectivity index (χ2n) is 3.73. The molecular formula is C11H16N6O. The van der Waals surface area contributed by atoms with E-state index in [0.29, 0.717) is 24.7 Å². The molecule has 96 valence electrons. The van der Waals surface area contributed by atoms with E-state index in [1.165, 1.54) is 6.33 Å². The fourth-order valence-electron chi connectivity index (χ4n) is 1.47. The molecule has 0 atom stereocenters. The van der Waals surface area contributed by atoms with E-state index in [0.717, 1.165) is 18.2 Å². The Morgan fingerprint density at radius 2 is 2.00 bits per heavy atom. The van der Waals surface area contributed by atoms with E-state index in [9.17, 15) is 0 Å². The van der Waals surface area contributed by atoms with Gasteiger partial charge in [-0.1, -0.05) is 5.16 Å². The van der Waals surface area contributed by atoms with Crippen molar-refractivity contribution in [3.8, 4) is 0 Å². The average Bonchev–Trinajstić information content (AvgIpc) is 2.76. The molecule has 0 spiro atoms. The first-order chi connectivity index (χ1) is 8.78. The zero-order valence-electron chi connectivity index (χ0n) is 10.5. The smallest absolute Gasteiger partial charge is 0.228 e. The first kappa shape index (κ1) is 12.3. The normalized spacial score (nSPS) is 10.3. The summed E-state index contributed by atoms with van der Waals surface area (Å²) < 4.78 is 5.02. The zero-order chi connectivity index (χ0) is 12.8. The monoisotopic (exact) mass is 248 g/mol. The Kier molecular flexibility index (Phi) is 4.06. The maximum absolute atomic E-state index is 5.02. The van der Waals surface area contributed by atoms with Gasteiger partial charge in [0.1, 0.15) is 18.0 Å². The van der Waals surface area contributed by atoms with Crippen LogP contribution in [0.1, 0.15) is 18.6 Å². The standard InChI is InChI=1S/C11H16N6O/c1-3-12-9-6-10(15-7-14-9)13-5-4-11-16-8(2)17-18-11/h6-7H,3-5H2,1-2H3,(H2,12,13,14,15). The molecule has 2 aromatic heterocycles. The number of aryl methyl sites for hydroxylation is 1. The van der Waals surface area contributed by atoms with Crippen molar-refractivity contribution >= 4 is 11.6 Å². The van der Waals surface area contributed by atoms with Gasteiger partial charge >= 0.3 is 0 Å². The predicted molar refractivity (Wildman–Crippen MR) is 67.4 cm³/mol. The Bertz CT molecular complexity index is 498. The van der Waals surface area contributed by atoms with Crippen LogP contribution < -0.4 is 10.6 Å². The van der Waals surface area contributed by atoms with Crippen LogP contribution >= 0.6 is 0 Å². The summed E-state index contributed by atoms with van der Waals surface area (Å²) in [6.07, 6.45) is 2.19. The Balaban J connectivity index is 1.84. The van der Waals surface area contributed by atoms with Crippen molar-refractivity contribution in [3.63, 3.8) is 0 Å². The summed E-state index contributed by atoms with van der Waals surface area (Å²) in [7, 11) is 0. The van der Waals surface area contributed by atoms with Crippen molar-refractivity contribution in [3.05, 3.63) is 24.1 Å². The largest absolute Gasteiger partial charge is 0.370 e. The molecule has 0 unspecified atom stereocenters. The molecule has 0 bridgehead atoms. The molecule has 7 nitrogen and oxygen atoms in total. The molecular weight excluding hydrogens is 232 g/mol. The van der Waals surface area contributed by atoms with Crippen molar-refractivity contribution in [2.24, 2.45) is 0 Å². The molecule has 2 N–H and O–H groups in total. The van der Waals surface area contributed by atoms with Crippen LogP contribution in [0.15, 0.2) is 16.9 Å². The quantitative estimate of drug-likeness (QED) is 0.795. The summed E-state index contributed by atoms with van der Waals surface area (Å²) in [6, 6.07) is 1.86. The molecule has 7 heteroatoms. The molecule has 0 aliphatic heterocycles. The highest BCUT2D eigenvalue weighted by molar-refractivity contribution is 5.46. The van der Waals surface area contributed by atoms with Gasteiger partial charge in [-0.25, -0.2) is 9.97 Å². The number of rotatable bonds is 6. The maximum Gasteiger partial charge on any atom is 0.228 e. The van der Waals surface area contributed by atoms with Crippen LogP contribution in [0, 0.1) is 6.92 Å². The lowest BCUT2D eigenvalue weighted by atomic mass is 10.4. The third-order valence-corrected chi connectivity index (χ3v) is 2.24. The van der Waals surface area contributed by atoms with Crippen molar-refractivity contribution in [1.29, 1.82) is 0 Å². The van der Waals surface area contributed by atoms with Gasteiger partial charge in [0.25, 0.3) is 0 Å². The number of hydrogen-bond donors (Lipinski definition) is 2. The van der Waals surface area contributed by atoms with E-state index in [-0.39, 0.29) is 0 Å². The first-order valence-corrected chi connectivity index (χ1v) is 5.87. The summed E-state index contributed by atoms with van der Waals surface area (Å²) in [5, 5.41) is 10.0. The predicted octanol–water partition coefficient (Wildman–Crippen LogP) is 1.25. The van der Waals surface area contributed by atoms with Gasteiger partial charge in [0.15, 0.2) is 5.82 Å². The Morgan fingerprint density at radius 1 is 1.22 bits per heavy atom. The van der Waals surface area contributed by atoms with E-state index in [4.69, 9.17) is 4.52 Å². The van der Waals surface area contributed by atoms with Crippen LogP contribution in [0.5, 0.6) is 0 Å². The number of anilines is 2. The van der Waals surface area contributed by atoms with E-state index in [2.05, 4.69) is 30.7 Å². The number of aromatic nitrogens is 4. The van der Waals surface area contributed by atoms with Crippen LogP contribution in [0.2, 0.25) is 0 Å². The van der Waals surface area contributed by atoms with Crippen molar-refractivity contribution in [2.45, 2.75) is 20.3 Å². The molecule has 2 rings (SSSR count). The van der Waals surface area contributed by atoms with Gasteiger partial charge < -0.3 is 15.2 Å². The third-order valence-electron chi connectivity index (χ3n) is 2.24. The topological polar surface area (TPSA) is 88.8 Å². The lowest BCUT2D eigenvalue weighted by molar-refractivity contribution is 0.377. The summed E-state index contributed by atoms with van der Waals surface area (Å²) in [5.74, 6) is 2.86. The molecule has 2 aromatic rings. The van der Waals surface area contributed by atoms with E-state index >= 15 is 0 Å². The second-order valence-corrected chi connectivity index (χ2v) is 3.73. The van der Waals surface area contributed by atoms with Gasteiger partial charge in [0, 0.05) is 25.6 Å². The third kappa shape index (κ3) is 3.41. The summed E-state index contributed by atoms with van der Waals surface area (Å²) in [4.78, 5) is 12.4. The average molecular weight is 248 g/mol. The fraction of sp³-hybridized carbons (Fsp3) is 0.455. The summed E-state index contributed by atoms with van der Waals surface area (Å²) in [5.41, 5.74) is 0. The lowest BCUT2D eigenvalue weighted by Crippen LogP contribution is -2.08. The van der Waals surface area contributed by atoms with E-state index in [1.807, 2.05) is 13.0 Å². The number of hydrogen-bond acceptors (Lipinski definition) is 7. The van der Waals surface area contributed by atoms with E-state index in [1.54, 1.807) is 6.92 Å². The molecule has 2 heterocycles. The first-order valence-electron chi connectivity index (χ1n) is 5.87. The van der Waals surface area contributed by atoms with Gasteiger partial charge in [-0.05, 0) is 13.8 Å². The molecule has 0 amide bonds. The van der Waals surface area contributed by atoms with Crippen molar-refractivity contribution < 1.29 is 4.52 Å². The highest BCUT2D eigenvalue weighted by Crippen LogP contribution is 2.08. The van der Waals surface area contributed by atoms with Gasteiger partial charge in [-0.15, -0.1) is 0 Å². The second kappa shape index (κ2) is 5.95. The lowest BCUT2D eigenvalue weighted by Gasteiger charge is -2.06. The minimum absolute atomic E-state index is 0.626. The summed E-state index contributed by atoms with van der Waals surface area (Å²) in [6.45, 7) is 5.34. The highest BCUT2D eigenvalue weighted by atomic mass is 16.5. The molecule has 0 saturated carbocycles. The van der Waals surface area contributed by atoms with Crippen LogP contribution in [0.3, 0.4) is 0 Å². The molecule has 0 aromatic carbocycles. The molecule has 0 fully saturated rings. The van der Waals surface area contributed by atoms with Gasteiger partial charge in [-0.3, -0.25) is 0 Å². The Hall–Kier alpha value is -2.18. The molecule has 0 saturated heterocycles. The minimum atomic E-state index is 0.626. The number of nitrogens with zero attached hydrogens (tertiary/aromatic N) is 4. The molecule has 0 radical (unpaired) electrons. The van der Waals surface area contributed by atoms with Crippen LogP contribution in [-0.4, -0.2) is 33.2 Å². The van der Waals surface area contributed by atoms with Crippen LogP contribution in [0.25, 0.3) is 0 Å². The number of nitrogens with one attached hydrogen (secondary N) is 2. The molecule has 0 aliphatic carbocycles. The highest BCUT2D eigenvalue weighted by Gasteiger charge is 2.02. The fourth-order valence-corrected chi connectivity index (χ4v) is 1.47. The maximum atomic E-state index is 5.02.